The number of aliphatic hydroxyl groups excluding tert-OH is 1. The number of aromatic nitrogens is 1. The van der Waals surface area contributed by atoms with E-state index >= 15 is 0 Å². The molecule has 2 fully saturated rings. The van der Waals surface area contributed by atoms with Crippen LogP contribution >= 0.6 is 0 Å². The molecule has 1 aliphatic carbocycles. The van der Waals surface area contributed by atoms with Crippen molar-refractivity contribution in [3.63, 3.8) is 0 Å². The molecule has 0 unspecified atom stereocenters. The van der Waals surface area contributed by atoms with Gasteiger partial charge in [-0.2, -0.15) is 4.31 Å². The highest BCUT2D eigenvalue weighted by molar-refractivity contribution is 7.91. The van der Waals surface area contributed by atoms with Gasteiger partial charge in [0.15, 0.2) is 9.92 Å². The van der Waals surface area contributed by atoms with E-state index in [0.29, 0.717) is 30.9 Å². The van der Waals surface area contributed by atoms with Crippen LogP contribution in [0, 0.1) is 12.8 Å². The van der Waals surface area contributed by atoms with Gasteiger partial charge in [0.1, 0.15) is 22.6 Å². The van der Waals surface area contributed by atoms with E-state index in [1.807, 2.05) is 0 Å². The van der Waals surface area contributed by atoms with E-state index in [-0.39, 0.29) is 30.0 Å². The number of ether oxygens (including phenoxy) is 3. The molecular weight excluding hydrogens is 486 g/mol. The second kappa shape index (κ2) is 11.9. The number of rotatable bonds is 7. The molecule has 36 heavy (non-hydrogen) atoms. The van der Waals surface area contributed by atoms with Crippen molar-refractivity contribution in [2.24, 2.45) is 10.3 Å². The monoisotopic (exact) mass is 525 g/mol. The maximum atomic E-state index is 14.8. The molecule has 1 amide bonds. The van der Waals surface area contributed by atoms with E-state index < -0.39 is 33.6 Å². The Morgan fingerprint density at radius 2 is 1.97 bits per heavy atom. The molecular formula is C25H39N3O7S. The number of amides is 1. The van der Waals surface area contributed by atoms with E-state index in [9.17, 15) is 18.9 Å². The number of carbonyl (C=O) groups excluding carboxylic acids is 2. The molecule has 0 aromatic carbocycles. The highest BCUT2D eigenvalue weighted by Crippen LogP contribution is 2.36. The largest absolute Gasteiger partial charge is 0.473 e. The average Bonchev–Trinajstić information content (AvgIpc) is 3.28. The van der Waals surface area contributed by atoms with Gasteiger partial charge in [-0.05, 0) is 84.3 Å². The van der Waals surface area contributed by atoms with E-state index in [1.165, 1.54) is 11.4 Å². The first-order valence-corrected chi connectivity index (χ1v) is 14.0. The Bertz CT molecular complexity index is 1060. The second-order valence-electron chi connectivity index (χ2n) is 10.4. The second-order valence-corrected chi connectivity index (χ2v) is 12.5. The van der Waals surface area contributed by atoms with Gasteiger partial charge in [-0.15, -0.1) is 4.36 Å². The zero-order chi connectivity index (χ0) is 26.5. The summed E-state index contributed by atoms with van der Waals surface area (Å²) in [5.41, 5.74) is -0.191. The molecule has 10 nitrogen and oxygen atoms in total. The first kappa shape index (κ1) is 28.3. The lowest BCUT2D eigenvalue weighted by molar-refractivity contribution is -0.144. The molecule has 1 saturated carbocycles. The Kier molecular flexibility index (Phi) is 9.34. The molecule has 3 rings (SSSR count). The first-order chi connectivity index (χ1) is 17.0. The lowest BCUT2D eigenvalue weighted by atomic mass is 9.85. The van der Waals surface area contributed by atoms with E-state index in [4.69, 9.17) is 14.2 Å². The molecule has 4 atom stereocenters. The first-order valence-electron chi connectivity index (χ1n) is 12.6. The average molecular weight is 526 g/mol. The minimum atomic E-state index is -3.69. The Balaban J connectivity index is 2.08. The van der Waals surface area contributed by atoms with Crippen molar-refractivity contribution in [2.45, 2.75) is 95.3 Å². The van der Waals surface area contributed by atoms with Gasteiger partial charge in [0.2, 0.25) is 5.88 Å². The minimum Gasteiger partial charge on any atom is -0.473 e. The zero-order valence-electron chi connectivity index (χ0n) is 21.9. The number of aliphatic hydroxyl groups is 1. The van der Waals surface area contributed by atoms with Crippen molar-refractivity contribution in [3.8, 4) is 5.88 Å². The molecule has 1 aliphatic heterocycles. The Morgan fingerprint density at radius 3 is 2.64 bits per heavy atom. The molecule has 2 aliphatic rings. The predicted octanol–water partition coefficient (Wildman–Crippen LogP) is 4.02. The quantitative estimate of drug-likeness (QED) is 0.529. The highest BCUT2D eigenvalue weighted by Gasteiger charge is 2.42. The van der Waals surface area contributed by atoms with Crippen molar-refractivity contribution in [3.05, 3.63) is 17.8 Å². The van der Waals surface area contributed by atoms with Crippen molar-refractivity contribution in [2.75, 3.05) is 20.3 Å². The predicted molar refractivity (Wildman–Crippen MR) is 134 cm³/mol. The number of carbonyl (C=O) groups is 2. The number of methoxy groups -OCH3 is 1. The smallest absolute Gasteiger partial charge is 0.443 e. The van der Waals surface area contributed by atoms with Crippen LogP contribution in [0.25, 0.3) is 0 Å². The van der Waals surface area contributed by atoms with Crippen LogP contribution in [0.1, 0.15) is 71.4 Å². The van der Waals surface area contributed by atoms with Crippen LogP contribution in [0.5, 0.6) is 5.88 Å². The summed E-state index contributed by atoms with van der Waals surface area (Å²) in [5, 5.41) is 9.37. The number of hydrogen-bond donors (Lipinski definition) is 1. The molecule has 1 aromatic heterocycles. The zero-order valence-corrected chi connectivity index (χ0v) is 22.7. The molecule has 1 N–H and O–H groups in total. The van der Waals surface area contributed by atoms with Crippen LogP contribution in [0.15, 0.2) is 21.4 Å². The standard InChI is InChI=1S/C25H39N3O7S/c1-17-11-12-21(22(26-17)34-19-9-6-8-18(16-19)13-15-29)36(32,27-24(31)35-25(2,3)4)28-14-7-10-20(28)23(30)33-5/h11-12,18-20,29H,6-10,13-16H2,1-5H3/t18-,19-,20+,36+/m1/s1. The summed E-state index contributed by atoms with van der Waals surface area (Å²) in [6.07, 6.45) is 4.06. The Morgan fingerprint density at radius 1 is 1.22 bits per heavy atom. The molecule has 1 aromatic rings. The van der Waals surface area contributed by atoms with E-state index in [1.54, 1.807) is 39.8 Å². The third-order valence-electron chi connectivity index (χ3n) is 6.39. The van der Waals surface area contributed by atoms with Gasteiger partial charge >= 0.3 is 12.1 Å². The third-order valence-corrected chi connectivity index (χ3v) is 8.74. The molecule has 0 spiro atoms. The number of hydrogen-bond acceptors (Lipinski definition) is 8. The minimum absolute atomic E-state index is 0.123. The highest BCUT2D eigenvalue weighted by atomic mass is 32.2. The molecule has 0 radical (unpaired) electrons. The third kappa shape index (κ3) is 6.95. The van der Waals surface area contributed by atoms with Gasteiger partial charge in [0.25, 0.3) is 0 Å². The number of esters is 1. The molecule has 1 saturated heterocycles. The van der Waals surface area contributed by atoms with Crippen LogP contribution < -0.4 is 4.74 Å². The molecule has 202 valence electrons. The maximum absolute atomic E-state index is 14.8. The van der Waals surface area contributed by atoms with Crippen molar-refractivity contribution in [1.29, 1.82) is 0 Å². The summed E-state index contributed by atoms with van der Waals surface area (Å²) in [6, 6.07) is 2.46. The summed E-state index contributed by atoms with van der Waals surface area (Å²) < 4.78 is 36.9. The molecule has 2 heterocycles. The van der Waals surface area contributed by atoms with Crippen LogP contribution in [0.4, 0.5) is 4.79 Å². The van der Waals surface area contributed by atoms with Gasteiger partial charge in [-0.25, -0.2) is 14.0 Å². The van der Waals surface area contributed by atoms with Crippen molar-refractivity contribution < 1.29 is 33.1 Å². The lowest BCUT2D eigenvalue weighted by Crippen LogP contribution is -2.41. The van der Waals surface area contributed by atoms with Crippen LogP contribution in [-0.4, -0.2) is 68.7 Å². The Labute approximate surface area is 214 Å². The van der Waals surface area contributed by atoms with Gasteiger partial charge in [0.05, 0.1) is 7.11 Å². The van der Waals surface area contributed by atoms with Gasteiger partial charge in [-0.1, -0.05) is 6.42 Å². The van der Waals surface area contributed by atoms with Gasteiger partial charge in [0, 0.05) is 18.8 Å². The normalized spacial score (nSPS) is 24.6. The summed E-state index contributed by atoms with van der Waals surface area (Å²) >= 11 is 0. The Hall–Kier alpha value is -2.24. The van der Waals surface area contributed by atoms with Crippen molar-refractivity contribution >= 4 is 22.0 Å². The van der Waals surface area contributed by atoms with Crippen LogP contribution in [-0.2, 0) is 24.2 Å². The topological polar surface area (TPSA) is 128 Å². The number of nitrogens with zero attached hydrogens (tertiary/aromatic N) is 3. The molecule has 11 heteroatoms. The van der Waals surface area contributed by atoms with Crippen molar-refractivity contribution in [1.82, 2.24) is 9.29 Å². The molecule has 0 bridgehead atoms. The lowest BCUT2D eigenvalue weighted by Gasteiger charge is -2.31. The number of aryl methyl sites for hydroxylation is 1. The summed E-state index contributed by atoms with van der Waals surface area (Å²) in [5.74, 6) is -0.0705. The summed E-state index contributed by atoms with van der Waals surface area (Å²) in [4.78, 5) is 30.1. The summed E-state index contributed by atoms with van der Waals surface area (Å²) in [6.45, 7) is 7.29. The fourth-order valence-electron chi connectivity index (χ4n) is 4.78. The fourth-order valence-corrected chi connectivity index (χ4v) is 6.95. The van der Waals surface area contributed by atoms with Gasteiger partial charge in [-0.3, -0.25) is 4.79 Å². The van der Waals surface area contributed by atoms with Gasteiger partial charge < -0.3 is 19.3 Å². The van der Waals surface area contributed by atoms with E-state index in [0.717, 1.165) is 25.7 Å². The van der Waals surface area contributed by atoms with Crippen LogP contribution in [0.2, 0.25) is 0 Å². The van der Waals surface area contributed by atoms with E-state index in [2.05, 4.69) is 9.35 Å². The SMILES string of the molecule is COC(=O)[C@@H]1CCCN1[S@@](=O)(=NC(=O)OC(C)(C)C)c1ccc(C)nc1O[C@@H]1CCC[C@H](CCO)C1. The maximum Gasteiger partial charge on any atom is 0.443 e. The van der Waals surface area contributed by atoms with Crippen LogP contribution in [0.3, 0.4) is 0 Å². The number of pyridine rings is 1. The fraction of sp³-hybridized carbons (Fsp3) is 0.720. The summed E-state index contributed by atoms with van der Waals surface area (Å²) in [7, 11) is -2.41.